The molecule has 0 spiro atoms. The maximum atomic E-state index is 12.9. The fraction of sp³-hybridized carbons (Fsp3) is 0.524. The van der Waals surface area contributed by atoms with E-state index in [1.807, 2.05) is 38.2 Å². The molecule has 1 aromatic carbocycles. The number of methoxy groups -OCH3 is 2. The number of nitrogens with one attached hydrogen (secondary N) is 2. The summed E-state index contributed by atoms with van der Waals surface area (Å²) >= 11 is 0. The van der Waals surface area contributed by atoms with Gasteiger partial charge in [0, 0.05) is 31.9 Å². The van der Waals surface area contributed by atoms with Gasteiger partial charge >= 0.3 is 0 Å². The van der Waals surface area contributed by atoms with Crippen LogP contribution >= 0.6 is 0 Å². The maximum absolute atomic E-state index is 12.9. The van der Waals surface area contributed by atoms with Crippen LogP contribution in [-0.4, -0.2) is 62.3 Å². The minimum atomic E-state index is -3.81. The summed E-state index contributed by atoms with van der Waals surface area (Å²) in [5.41, 5.74) is 2.50. The van der Waals surface area contributed by atoms with Gasteiger partial charge in [-0.2, -0.15) is 22.5 Å². The average Bonchev–Trinajstić information content (AvgIpc) is 3.16. The van der Waals surface area contributed by atoms with E-state index >= 15 is 0 Å². The van der Waals surface area contributed by atoms with Crippen LogP contribution in [0.15, 0.2) is 24.4 Å². The second-order valence-corrected chi connectivity index (χ2v) is 9.46. The van der Waals surface area contributed by atoms with Crippen LogP contribution < -0.4 is 19.5 Å². The molecule has 2 atom stereocenters. The first kappa shape index (κ1) is 24.0. The van der Waals surface area contributed by atoms with Gasteiger partial charge in [-0.1, -0.05) is 6.07 Å². The Kier molecular flexibility index (Phi) is 7.42. The molecule has 2 N–H and O–H groups in total. The molecule has 0 saturated carbocycles. The Hall–Kier alpha value is -2.63. The summed E-state index contributed by atoms with van der Waals surface area (Å²) in [6.07, 6.45) is 2.72. The van der Waals surface area contributed by atoms with E-state index < -0.39 is 22.3 Å². The number of ether oxygens (including phenoxy) is 2. The number of hydrogen-bond donors (Lipinski definition) is 2. The lowest BCUT2D eigenvalue weighted by molar-refractivity contribution is -0.125. The first-order valence-electron chi connectivity index (χ1n) is 10.5. The summed E-state index contributed by atoms with van der Waals surface area (Å²) in [5.74, 6) is 0.921. The standard InChI is InChI=1S/C21H31N5O5S/c1-6-26-13-16(14(2)23-26)17-12-18(25(3)32(28,29)24-17)21(27)22-10-9-15-7-8-19(30-4)20(11-15)31-5/h7-8,11,13,17-18,24H,6,9-10,12H2,1-5H3,(H,22,27). The zero-order valence-corrected chi connectivity index (χ0v) is 19.9. The number of aromatic nitrogens is 2. The largest absolute Gasteiger partial charge is 0.493 e. The SMILES string of the molecule is CCn1cc(C2CC(C(=O)NCCc3ccc(OC)c(OC)c3)N(C)S(=O)(=O)N2)c(C)n1. The average molecular weight is 466 g/mol. The highest BCUT2D eigenvalue weighted by molar-refractivity contribution is 7.87. The predicted molar refractivity (Wildman–Crippen MR) is 120 cm³/mol. The lowest BCUT2D eigenvalue weighted by atomic mass is 10.00. The maximum Gasteiger partial charge on any atom is 0.280 e. The van der Waals surface area contributed by atoms with Gasteiger partial charge < -0.3 is 14.8 Å². The lowest BCUT2D eigenvalue weighted by Gasteiger charge is -2.36. The zero-order valence-electron chi connectivity index (χ0n) is 19.1. The van der Waals surface area contributed by atoms with Crippen molar-refractivity contribution < 1.29 is 22.7 Å². The molecule has 2 heterocycles. The highest BCUT2D eigenvalue weighted by Gasteiger charge is 2.41. The normalized spacial score (nSPS) is 20.7. The minimum Gasteiger partial charge on any atom is -0.493 e. The fourth-order valence-electron chi connectivity index (χ4n) is 3.83. The van der Waals surface area contributed by atoms with Crippen molar-refractivity contribution in [3.8, 4) is 11.5 Å². The Balaban J connectivity index is 1.68. The summed E-state index contributed by atoms with van der Waals surface area (Å²) in [6, 6.07) is 4.24. The van der Waals surface area contributed by atoms with Crippen molar-refractivity contribution in [2.75, 3.05) is 27.8 Å². The fourth-order valence-corrected chi connectivity index (χ4v) is 5.10. The topological polar surface area (TPSA) is 115 Å². The van der Waals surface area contributed by atoms with Crippen molar-refractivity contribution in [1.29, 1.82) is 0 Å². The molecule has 0 bridgehead atoms. The number of nitrogens with zero attached hydrogens (tertiary/aromatic N) is 3. The molecule has 10 nitrogen and oxygen atoms in total. The highest BCUT2D eigenvalue weighted by Crippen LogP contribution is 2.30. The van der Waals surface area contributed by atoms with Crippen LogP contribution in [0.5, 0.6) is 11.5 Å². The Morgan fingerprint density at radius 2 is 2.00 bits per heavy atom. The molecular weight excluding hydrogens is 434 g/mol. The molecule has 2 aromatic rings. The van der Waals surface area contributed by atoms with E-state index in [-0.39, 0.29) is 5.91 Å². The van der Waals surface area contributed by atoms with Crippen molar-refractivity contribution in [2.45, 2.75) is 45.3 Å². The van der Waals surface area contributed by atoms with Crippen LogP contribution in [0.1, 0.15) is 36.2 Å². The van der Waals surface area contributed by atoms with Gasteiger partial charge in [-0.15, -0.1) is 0 Å². The summed E-state index contributed by atoms with van der Waals surface area (Å²) in [4.78, 5) is 12.9. The van der Waals surface area contributed by atoms with Crippen molar-refractivity contribution in [3.05, 3.63) is 41.2 Å². The number of amides is 1. The molecule has 176 valence electrons. The van der Waals surface area contributed by atoms with Crippen molar-refractivity contribution >= 4 is 16.1 Å². The van der Waals surface area contributed by atoms with Crippen LogP contribution in [0, 0.1) is 6.92 Å². The third-order valence-corrected chi connectivity index (χ3v) is 7.31. The molecule has 1 aliphatic heterocycles. The van der Waals surface area contributed by atoms with Gasteiger partial charge in [0.2, 0.25) is 5.91 Å². The van der Waals surface area contributed by atoms with Crippen molar-refractivity contribution in [3.63, 3.8) is 0 Å². The summed E-state index contributed by atoms with van der Waals surface area (Å²) in [6.45, 7) is 4.85. The highest BCUT2D eigenvalue weighted by atomic mass is 32.2. The monoisotopic (exact) mass is 465 g/mol. The molecule has 1 aliphatic rings. The number of likely N-dealkylation sites (N-methyl/N-ethyl adjacent to an activating group) is 1. The van der Waals surface area contributed by atoms with E-state index in [0.717, 1.165) is 21.1 Å². The number of carbonyl (C=O) groups excluding carboxylic acids is 1. The Morgan fingerprint density at radius 1 is 1.28 bits per heavy atom. The molecule has 1 fully saturated rings. The number of hydrogen-bond acceptors (Lipinski definition) is 6. The van der Waals surface area contributed by atoms with Gasteiger partial charge in [-0.25, -0.2) is 0 Å². The number of carbonyl (C=O) groups is 1. The molecule has 1 aromatic heterocycles. The van der Waals surface area contributed by atoms with Gasteiger partial charge in [-0.3, -0.25) is 9.48 Å². The van der Waals surface area contributed by atoms with E-state index in [1.54, 1.807) is 18.9 Å². The van der Waals surface area contributed by atoms with E-state index in [1.165, 1.54) is 7.05 Å². The molecule has 32 heavy (non-hydrogen) atoms. The molecule has 0 aliphatic carbocycles. The quantitative estimate of drug-likeness (QED) is 0.605. The summed E-state index contributed by atoms with van der Waals surface area (Å²) in [7, 11) is 0.751. The molecule has 1 saturated heterocycles. The number of aryl methyl sites for hydroxylation is 2. The number of benzene rings is 1. The molecule has 3 rings (SSSR count). The van der Waals surface area contributed by atoms with Crippen LogP contribution in [0.2, 0.25) is 0 Å². The summed E-state index contributed by atoms with van der Waals surface area (Å²) in [5, 5.41) is 7.27. The number of rotatable bonds is 8. The van der Waals surface area contributed by atoms with Gasteiger partial charge in [0.1, 0.15) is 6.04 Å². The Morgan fingerprint density at radius 3 is 2.62 bits per heavy atom. The Bertz CT molecular complexity index is 1070. The first-order chi connectivity index (χ1) is 15.2. The summed E-state index contributed by atoms with van der Waals surface area (Å²) < 4.78 is 41.4. The third kappa shape index (κ3) is 5.05. The molecule has 2 unspecified atom stereocenters. The minimum absolute atomic E-state index is 0.314. The smallest absolute Gasteiger partial charge is 0.280 e. The lowest BCUT2D eigenvalue weighted by Crippen LogP contribution is -2.57. The first-order valence-corrected chi connectivity index (χ1v) is 11.9. The molecule has 11 heteroatoms. The van der Waals surface area contributed by atoms with Gasteiger partial charge in [0.05, 0.1) is 26.0 Å². The zero-order chi connectivity index (χ0) is 23.5. The molecule has 1 amide bonds. The van der Waals surface area contributed by atoms with Gasteiger partial charge in [0.15, 0.2) is 11.5 Å². The van der Waals surface area contributed by atoms with Crippen LogP contribution in [0.25, 0.3) is 0 Å². The van der Waals surface area contributed by atoms with Crippen molar-refractivity contribution in [2.24, 2.45) is 0 Å². The Labute approximate surface area is 189 Å². The van der Waals surface area contributed by atoms with Gasteiger partial charge in [0.25, 0.3) is 10.2 Å². The van der Waals surface area contributed by atoms with Crippen LogP contribution in [0.4, 0.5) is 0 Å². The van der Waals surface area contributed by atoms with E-state index in [9.17, 15) is 13.2 Å². The van der Waals surface area contributed by atoms with E-state index in [4.69, 9.17) is 9.47 Å². The van der Waals surface area contributed by atoms with Crippen LogP contribution in [-0.2, 0) is 28.0 Å². The van der Waals surface area contributed by atoms with E-state index in [0.29, 0.717) is 37.4 Å². The second kappa shape index (κ2) is 9.88. The van der Waals surface area contributed by atoms with Gasteiger partial charge in [-0.05, 0) is 44.4 Å². The predicted octanol–water partition coefficient (Wildman–Crippen LogP) is 1.17. The molecular formula is C21H31N5O5S. The van der Waals surface area contributed by atoms with E-state index in [2.05, 4.69) is 15.1 Å². The van der Waals surface area contributed by atoms with Crippen molar-refractivity contribution in [1.82, 2.24) is 24.1 Å². The third-order valence-electron chi connectivity index (χ3n) is 5.72. The van der Waals surface area contributed by atoms with Crippen LogP contribution in [0.3, 0.4) is 0 Å². The second-order valence-electron chi connectivity index (χ2n) is 7.70. The molecule has 0 radical (unpaired) electrons.